The highest BCUT2D eigenvalue weighted by atomic mass is 19.1. The topological polar surface area (TPSA) is 12.0 Å². The summed E-state index contributed by atoms with van der Waals surface area (Å²) in [4.78, 5) is 0. The van der Waals surface area contributed by atoms with Crippen molar-refractivity contribution in [3.63, 3.8) is 0 Å². The lowest BCUT2D eigenvalue weighted by atomic mass is 9.99. The van der Waals surface area contributed by atoms with E-state index >= 15 is 0 Å². The highest BCUT2D eigenvalue weighted by molar-refractivity contribution is 5.66. The first-order valence-electron chi connectivity index (χ1n) is 6.28. The van der Waals surface area contributed by atoms with E-state index in [4.69, 9.17) is 0 Å². The van der Waals surface area contributed by atoms with Gasteiger partial charge in [-0.05, 0) is 47.5 Å². The van der Waals surface area contributed by atoms with Crippen molar-refractivity contribution in [2.45, 2.75) is 20.3 Å². The largest absolute Gasteiger partial charge is 0.387 e. The molecule has 0 amide bonds. The first kappa shape index (κ1) is 14.2. The van der Waals surface area contributed by atoms with Gasteiger partial charge in [0.1, 0.15) is 5.82 Å². The van der Waals surface area contributed by atoms with Crippen molar-refractivity contribution < 1.29 is 4.39 Å². The molecule has 18 heavy (non-hydrogen) atoms. The van der Waals surface area contributed by atoms with Gasteiger partial charge in [0.2, 0.25) is 0 Å². The molecule has 0 fully saturated rings. The zero-order valence-electron chi connectivity index (χ0n) is 11.0. The summed E-state index contributed by atoms with van der Waals surface area (Å²) >= 11 is 0. The standard InChI is InChI=1S/C14H14FN.C2H6/c1-11(10-12-6-8-16-9-7-12)13-2-4-14(15)5-3-13;1-2/h2-8,16H,1,9-10H2;1-2H3. The normalized spacial score (nSPS) is 12.9. The highest BCUT2D eigenvalue weighted by Gasteiger charge is 2.03. The number of nitrogens with one attached hydrogen (secondary N) is 1. The molecule has 2 heteroatoms. The molecule has 0 bridgehead atoms. The van der Waals surface area contributed by atoms with Crippen LogP contribution in [0.5, 0.6) is 0 Å². The molecule has 0 spiro atoms. The Bertz CT molecular complexity index is 441. The highest BCUT2D eigenvalue weighted by Crippen LogP contribution is 2.22. The molecule has 0 aliphatic carbocycles. The Hall–Kier alpha value is -1.83. The minimum absolute atomic E-state index is 0.211. The fraction of sp³-hybridized carbons (Fsp3) is 0.250. The lowest BCUT2D eigenvalue weighted by Gasteiger charge is -2.10. The fourth-order valence-corrected chi connectivity index (χ4v) is 1.66. The van der Waals surface area contributed by atoms with Crippen LogP contribution in [-0.4, -0.2) is 6.54 Å². The van der Waals surface area contributed by atoms with Crippen LogP contribution in [0.25, 0.3) is 5.57 Å². The number of benzene rings is 1. The zero-order chi connectivity index (χ0) is 13.4. The quantitative estimate of drug-likeness (QED) is 0.837. The van der Waals surface area contributed by atoms with E-state index in [1.807, 2.05) is 26.1 Å². The predicted octanol–water partition coefficient (Wildman–Crippen LogP) is 4.30. The Morgan fingerprint density at radius 3 is 2.50 bits per heavy atom. The van der Waals surface area contributed by atoms with Crippen molar-refractivity contribution in [2.24, 2.45) is 0 Å². The summed E-state index contributed by atoms with van der Waals surface area (Å²) in [6.07, 6.45) is 6.92. The average molecular weight is 245 g/mol. The van der Waals surface area contributed by atoms with E-state index in [-0.39, 0.29) is 5.82 Å². The van der Waals surface area contributed by atoms with E-state index in [9.17, 15) is 4.39 Å². The summed E-state index contributed by atoms with van der Waals surface area (Å²) in [7, 11) is 0. The van der Waals surface area contributed by atoms with Gasteiger partial charge in [0.05, 0.1) is 0 Å². The minimum atomic E-state index is -0.211. The molecule has 1 N–H and O–H groups in total. The maximum atomic E-state index is 12.7. The first-order chi connectivity index (χ1) is 8.75. The number of hydrogen-bond acceptors (Lipinski definition) is 1. The number of halogens is 1. The Kier molecular flexibility index (Phi) is 5.92. The zero-order valence-corrected chi connectivity index (χ0v) is 11.0. The van der Waals surface area contributed by atoms with Crippen molar-refractivity contribution in [1.82, 2.24) is 5.32 Å². The lowest BCUT2D eigenvalue weighted by Crippen LogP contribution is -2.08. The summed E-state index contributed by atoms with van der Waals surface area (Å²) in [5, 5.41) is 3.10. The third-order valence-electron chi connectivity index (χ3n) is 2.57. The predicted molar refractivity (Wildman–Crippen MR) is 76.6 cm³/mol. The van der Waals surface area contributed by atoms with Crippen LogP contribution >= 0.6 is 0 Å². The van der Waals surface area contributed by atoms with Gasteiger partial charge < -0.3 is 5.32 Å². The molecule has 0 aromatic heterocycles. The van der Waals surface area contributed by atoms with Crippen LogP contribution in [0.3, 0.4) is 0 Å². The van der Waals surface area contributed by atoms with Gasteiger partial charge in [0.25, 0.3) is 0 Å². The molecule has 96 valence electrons. The van der Waals surface area contributed by atoms with Crippen LogP contribution in [0.4, 0.5) is 4.39 Å². The fourth-order valence-electron chi connectivity index (χ4n) is 1.66. The maximum Gasteiger partial charge on any atom is 0.123 e. The van der Waals surface area contributed by atoms with E-state index in [0.717, 1.165) is 24.1 Å². The van der Waals surface area contributed by atoms with E-state index in [1.165, 1.54) is 17.7 Å². The number of rotatable bonds is 3. The molecule has 0 unspecified atom stereocenters. The molecule has 0 saturated heterocycles. The van der Waals surface area contributed by atoms with Gasteiger partial charge in [-0.2, -0.15) is 0 Å². The molecule has 0 saturated carbocycles. The van der Waals surface area contributed by atoms with Crippen LogP contribution < -0.4 is 5.32 Å². The SMILES string of the molecule is C=C(CC1=CCNC=C1)c1ccc(F)cc1.CC. The van der Waals surface area contributed by atoms with Gasteiger partial charge in [-0.3, -0.25) is 0 Å². The van der Waals surface area contributed by atoms with Crippen LogP contribution in [0.15, 0.2) is 54.8 Å². The maximum absolute atomic E-state index is 12.7. The minimum Gasteiger partial charge on any atom is -0.387 e. The molecule has 0 atom stereocenters. The van der Waals surface area contributed by atoms with E-state index in [2.05, 4.69) is 18.0 Å². The molecule has 1 aliphatic rings. The second-order valence-electron chi connectivity index (χ2n) is 3.81. The van der Waals surface area contributed by atoms with Gasteiger partial charge in [-0.15, -0.1) is 0 Å². The molecule has 1 aromatic carbocycles. The number of allylic oxidation sites excluding steroid dienone is 3. The van der Waals surface area contributed by atoms with E-state index < -0.39 is 0 Å². The second kappa shape index (κ2) is 7.49. The molecule has 0 radical (unpaired) electrons. The van der Waals surface area contributed by atoms with Crippen LogP contribution in [-0.2, 0) is 0 Å². The molecular formula is C16H20FN. The average Bonchev–Trinajstić information content (AvgIpc) is 2.43. The third-order valence-corrected chi connectivity index (χ3v) is 2.57. The first-order valence-corrected chi connectivity index (χ1v) is 6.28. The lowest BCUT2D eigenvalue weighted by molar-refractivity contribution is 0.627. The molecular weight excluding hydrogens is 225 g/mol. The molecule has 1 aromatic rings. The number of hydrogen-bond donors (Lipinski definition) is 1. The van der Waals surface area contributed by atoms with Gasteiger partial charge in [0, 0.05) is 6.54 Å². The summed E-state index contributed by atoms with van der Waals surface area (Å²) in [6, 6.07) is 6.46. The Labute approximate surface area is 109 Å². The van der Waals surface area contributed by atoms with Crippen molar-refractivity contribution in [2.75, 3.05) is 6.54 Å². The number of dihydropyridines is 1. The van der Waals surface area contributed by atoms with Gasteiger partial charge in [-0.1, -0.05) is 38.6 Å². The Balaban J connectivity index is 0.000000771. The van der Waals surface area contributed by atoms with Crippen molar-refractivity contribution >= 4 is 5.57 Å². The monoisotopic (exact) mass is 245 g/mol. The van der Waals surface area contributed by atoms with Crippen LogP contribution in [0.2, 0.25) is 0 Å². The molecule has 1 nitrogen and oxygen atoms in total. The van der Waals surface area contributed by atoms with Gasteiger partial charge in [-0.25, -0.2) is 4.39 Å². The van der Waals surface area contributed by atoms with Crippen molar-refractivity contribution in [3.05, 3.63) is 66.2 Å². The smallest absolute Gasteiger partial charge is 0.123 e. The molecule has 1 heterocycles. The van der Waals surface area contributed by atoms with Crippen LogP contribution in [0, 0.1) is 5.82 Å². The van der Waals surface area contributed by atoms with Gasteiger partial charge >= 0.3 is 0 Å². The Morgan fingerprint density at radius 1 is 1.28 bits per heavy atom. The van der Waals surface area contributed by atoms with Crippen LogP contribution in [0.1, 0.15) is 25.8 Å². The summed E-state index contributed by atoms with van der Waals surface area (Å²) in [5.74, 6) is -0.211. The molecule has 1 aliphatic heterocycles. The third kappa shape index (κ3) is 4.21. The molecule has 2 rings (SSSR count). The van der Waals surface area contributed by atoms with Gasteiger partial charge in [0.15, 0.2) is 0 Å². The van der Waals surface area contributed by atoms with E-state index in [0.29, 0.717) is 0 Å². The second-order valence-corrected chi connectivity index (χ2v) is 3.81. The summed E-state index contributed by atoms with van der Waals surface area (Å²) in [6.45, 7) is 8.89. The van der Waals surface area contributed by atoms with Crippen molar-refractivity contribution in [1.29, 1.82) is 0 Å². The summed E-state index contributed by atoms with van der Waals surface area (Å²) in [5.41, 5.74) is 3.25. The van der Waals surface area contributed by atoms with E-state index in [1.54, 1.807) is 12.1 Å². The van der Waals surface area contributed by atoms with Crippen molar-refractivity contribution in [3.8, 4) is 0 Å². The Morgan fingerprint density at radius 2 is 1.94 bits per heavy atom. The summed E-state index contributed by atoms with van der Waals surface area (Å²) < 4.78 is 12.7.